The topological polar surface area (TPSA) is 79.0 Å². The summed E-state index contributed by atoms with van der Waals surface area (Å²) >= 11 is 1.52. The molecule has 0 aliphatic carbocycles. The fourth-order valence-electron chi connectivity index (χ4n) is 5.45. The number of nitrogens with one attached hydrogen (secondary N) is 1. The lowest BCUT2D eigenvalue weighted by molar-refractivity contribution is -0.143. The molecular formula is C30H30F3N3O4S. The van der Waals surface area contributed by atoms with E-state index in [0.29, 0.717) is 37.9 Å². The number of thiophene rings is 1. The monoisotopic (exact) mass is 585 g/mol. The zero-order valence-electron chi connectivity index (χ0n) is 22.4. The summed E-state index contributed by atoms with van der Waals surface area (Å²) in [6, 6.07) is 14.7. The number of aryl methyl sites for hydroxylation is 1. The summed E-state index contributed by atoms with van der Waals surface area (Å²) in [4.78, 5) is 44.5. The average Bonchev–Trinajstić information content (AvgIpc) is 3.60. The lowest BCUT2D eigenvalue weighted by Crippen LogP contribution is -2.60. The fourth-order valence-corrected chi connectivity index (χ4v) is 6.15. The third-order valence-electron chi connectivity index (χ3n) is 7.68. The van der Waals surface area contributed by atoms with Crippen molar-refractivity contribution < 1.29 is 32.3 Å². The predicted molar refractivity (Wildman–Crippen MR) is 147 cm³/mol. The van der Waals surface area contributed by atoms with Crippen molar-refractivity contribution in [2.45, 2.75) is 50.7 Å². The van der Waals surface area contributed by atoms with Crippen LogP contribution in [0.2, 0.25) is 0 Å². The Morgan fingerprint density at radius 2 is 1.80 bits per heavy atom. The number of amides is 3. The lowest BCUT2D eigenvalue weighted by atomic mass is 9.95. The van der Waals surface area contributed by atoms with Crippen LogP contribution in [0.15, 0.2) is 66.0 Å². The minimum atomic E-state index is -4.50. The van der Waals surface area contributed by atoms with E-state index >= 15 is 0 Å². The first kappa shape index (κ1) is 28.8. The number of ether oxygens (including phenoxy) is 1. The van der Waals surface area contributed by atoms with E-state index in [1.807, 2.05) is 36.6 Å². The van der Waals surface area contributed by atoms with E-state index in [4.69, 9.17) is 4.74 Å². The molecule has 1 aromatic heterocycles. The second kappa shape index (κ2) is 11.7. The second-order valence-corrected chi connectivity index (χ2v) is 11.3. The summed E-state index contributed by atoms with van der Waals surface area (Å²) < 4.78 is 45.7. The molecule has 41 heavy (non-hydrogen) atoms. The molecule has 3 amide bonds. The van der Waals surface area contributed by atoms with Crippen LogP contribution in [-0.2, 0) is 33.5 Å². The molecule has 2 fully saturated rings. The van der Waals surface area contributed by atoms with Gasteiger partial charge in [-0.05, 0) is 47.7 Å². The van der Waals surface area contributed by atoms with E-state index in [9.17, 15) is 27.6 Å². The number of hydrogen-bond acceptors (Lipinski definition) is 5. The molecule has 11 heteroatoms. The van der Waals surface area contributed by atoms with Gasteiger partial charge >= 0.3 is 6.18 Å². The summed E-state index contributed by atoms with van der Waals surface area (Å²) in [7, 11) is 0. The largest absolute Gasteiger partial charge is 0.416 e. The Morgan fingerprint density at radius 3 is 2.49 bits per heavy atom. The maximum Gasteiger partial charge on any atom is 0.416 e. The van der Waals surface area contributed by atoms with Crippen LogP contribution < -0.4 is 5.32 Å². The number of hydrogen-bond donors (Lipinski definition) is 1. The van der Waals surface area contributed by atoms with Crippen molar-refractivity contribution in [1.82, 2.24) is 15.1 Å². The van der Waals surface area contributed by atoms with Gasteiger partial charge in [0.25, 0.3) is 5.91 Å². The van der Waals surface area contributed by atoms with Crippen molar-refractivity contribution in [3.05, 3.63) is 93.2 Å². The van der Waals surface area contributed by atoms with Crippen LogP contribution in [0, 0.1) is 6.92 Å². The number of benzene rings is 2. The van der Waals surface area contributed by atoms with E-state index in [1.165, 1.54) is 28.4 Å². The Balaban J connectivity index is 1.34. The van der Waals surface area contributed by atoms with Gasteiger partial charge in [0.2, 0.25) is 11.8 Å². The zero-order valence-corrected chi connectivity index (χ0v) is 23.3. The number of carbonyl (C=O) groups is 3. The van der Waals surface area contributed by atoms with E-state index in [1.54, 1.807) is 17.0 Å². The van der Waals surface area contributed by atoms with E-state index < -0.39 is 29.4 Å². The third kappa shape index (κ3) is 6.15. The molecule has 1 N–H and O–H groups in total. The van der Waals surface area contributed by atoms with Gasteiger partial charge in [-0.2, -0.15) is 13.2 Å². The maximum atomic E-state index is 14.0. The molecule has 5 rings (SSSR count). The molecule has 216 valence electrons. The molecule has 2 aliphatic heterocycles. The molecule has 1 unspecified atom stereocenters. The van der Waals surface area contributed by atoms with Gasteiger partial charge in [-0.25, -0.2) is 0 Å². The number of likely N-dealkylation sites (tertiary alicyclic amines) is 1. The van der Waals surface area contributed by atoms with Crippen LogP contribution >= 0.6 is 11.3 Å². The zero-order chi connectivity index (χ0) is 29.2. The first-order valence-electron chi connectivity index (χ1n) is 13.3. The van der Waals surface area contributed by atoms with Crippen molar-refractivity contribution in [3.8, 4) is 0 Å². The number of piperidine rings is 1. The molecular weight excluding hydrogens is 555 g/mol. The molecule has 2 saturated heterocycles. The van der Waals surface area contributed by atoms with Crippen LogP contribution in [0.4, 0.5) is 13.2 Å². The molecule has 3 heterocycles. The Morgan fingerprint density at radius 1 is 1.05 bits per heavy atom. The number of halogens is 3. The summed E-state index contributed by atoms with van der Waals surface area (Å²) in [6.07, 6.45) is -3.53. The van der Waals surface area contributed by atoms with Crippen molar-refractivity contribution >= 4 is 29.1 Å². The minimum Gasteiger partial charge on any atom is -0.353 e. The molecule has 0 saturated carbocycles. The van der Waals surface area contributed by atoms with E-state index in [-0.39, 0.29) is 30.5 Å². The number of alkyl halides is 3. The van der Waals surface area contributed by atoms with Crippen molar-refractivity contribution in [2.24, 2.45) is 0 Å². The molecule has 1 spiro atoms. The van der Waals surface area contributed by atoms with E-state index in [0.717, 1.165) is 22.6 Å². The Labute approximate surface area is 239 Å². The van der Waals surface area contributed by atoms with Crippen molar-refractivity contribution in [1.29, 1.82) is 0 Å². The van der Waals surface area contributed by atoms with Crippen LogP contribution in [0.3, 0.4) is 0 Å². The molecule has 1 atom stereocenters. The van der Waals surface area contributed by atoms with Gasteiger partial charge in [0.05, 0.1) is 18.6 Å². The Bertz CT molecular complexity index is 1420. The normalized spacial score (nSPS) is 18.5. The molecule has 2 aliphatic rings. The highest BCUT2D eigenvalue weighted by Gasteiger charge is 2.54. The van der Waals surface area contributed by atoms with Gasteiger partial charge in [0, 0.05) is 42.9 Å². The average molecular weight is 586 g/mol. The van der Waals surface area contributed by atoms with Gasteiger partial charge in [-0.3, -0.25) is 19.3 Å². The molecule has 2 aromatic carbocycles. The maximum absolute atomic E-state index is 14.0. The molecule has 0 bridgehead atoms. The number of rotatable bonds is 6. The summed E-state index contributed by atoms with van der Waals surface area (Å²) in [6.45, 7) is 2.34. The molecule has 3 aromatic rings. The Kier molecular flexibility index (Phi) is 8.19. The van der Waals surface area contributed by atoms with Crippen molar-refractivity contribution in [3.63, 3.8) is 0 Å². The second-order valence-electron chi connectivity index (χ2n) is 10.3. The van der Waals surface area contributed by atoms with Crippen LogP contribution in [0.1, 0.15) is 44.8 Å². The van der Waals surface area contributed by atoms with Crippen LogP contribution in [-0.4, -0.2) is 59.0 Å². The molecule has 0 radical (unpaired) electrons. The highest BCUT2D eigenvalue weighted by Crippen LogP contribution is 2.39. The van der Waals surface area contributed by atoms with Crippen molar-refractivity contribution in [2.75, 3.05) is 19.7 Å². The van der Waals surface area contributed by atoms with Gasteiger partial charge in [-0.1, -0.05) is 36.4 Å². The summed E-state index contributed by atoms with van der Waals surface area (Å²) in [5.41, 5.74) is -0.423. The standard InChI is InChI=1S/C30H30F3N3O4S/c1-20-6-2-3-10-24(20)28(39)36-25(27(38)34-18-21-7-4-8-22(16-21)30(31,32)33)19-40-29(36)11-13-35(14-12-29)26(37)17-23-9-5-15-41-23/h2-10,15-16,25H,11-14,17-19H2,1H3,(H,34,38). The SMILES string of the molecule is Cc1ccccc1C(=O)N1C(C(=O)NCc2cccc(C(F)(F)F)c2)COC12CCN(C(=O)Cc1cccs1)CC2. The van der Waals surface area contributed by atoms with Crippen LogP contribution in [0.5, 0.6) is 0 Å². The number of nitrogens with zero attached hydrogens (tertiary/aromatic N) is 2. The van der Waals surface area contributed by atoms with Crippen LogP contribution in [0.25, 0.3) is 0 Å². The quantitative estimate of drug-likeness (QED) is 0.451. The molecule has 7 nitrogen and oxygen atoms in total. The third-order valence-corrected chi connectivity index (χ3v) is 8.56. The van der Waals surface area contributed by atoms with Gasteiger partial charge < -0.3 is 15.0 Å². The highest BCUT2D eigenvalue weighted by atomic mass is 32.1. The summed E-state index contributed by atoms with van der Waals surface area (Å²) in [5, 5.41) is 4.62. The Hall–Kier alpha value is -3.70. The highest BCUT2D eigenvalue weighted by molar-refractivity contribution is 7.10. The minimum absolute atomic E-state index is 0.00698. The van der Waals surface area contributed by atoms with Gasteiger partial charge in [-0.15, -0.1) is 11.3 Å². The number of carbonyl (C=O) groups excluding carboxylic acids is 3. The fraction of sp³-hybridized carbons (Fsp3) is 0.367. The van der Waals surface area contributed by atoms with E-state index in [2.05, 4.69) is 5.32 Å². The van der Waals surface area contributed by atoms with Gasteiger partial charge in [0.15, 0.2) is 0 Å². The predicted octanol–water partition coefficient (Wildman–Crippen LogP) is 4.79. The smallest absolute Gasteiger partial charge is 0.353 e. The lowest BCUT2D eigenvalue weighted by Gasteiger charge is -2.44. The van der Waals surface area contributed by atoms with Gasteiger partial charge in [0.1, 0.15) is 11.8 Å². The first-order valence-corrected chi connectivity index (χ1v) is 14.2. The first-order chi connectivity index (χ1) is 19.6. The summed E-state index contributed by atoms with van der Waals surface area (Å²) in [5.74, 6) is -0.886.